The highest BCUT2D eigenvalue weighted by Crippen LogP contribution is 2.32. The first-order chi connectivity index (χ1) is 13.3. The van der Waals surface area contributed by atoms with Crippen LogP contribution in [0.15, 0.2) is 77.7 Å². The molecule has 0 amide bonds. The molecule has 27 heavy (non-hydrogen) atoms. The first kappa shape index (κ1) is 18.6. The lowest BCUT2D eigenvalue weighted by molar-refractivity contribution is 1.14. The van der Waals surface area contributed by atoms with Gasteiger partial charge in [0.05, 0.1) is 16.6 Å². The van der Waals surface area contributed by atoms with Gasteiger partial charge >= 0.3 is 0 Å². The molecule has 0 aliphatic heterocycles. The van der Waals surface area contributed by atoms with Crippen molar-refractivity contribution < 1.29 is 0 Å². The Morgan fingerprint density at radius 2 is 1.59 bits per heavy atom. The molecule has 0 bridgehead atoms. The molecule has 0 radical (unpaired) electrons. The maximum atomic E-state index is 12.2. The molecule has 2 heterocycles. The summed E-state index contributed by atoms with van der Waals surface area (Å²) in [5, 5.41) is 0.607. The third kappa shape index (κ3) is 3.82. The summed E-state index contributed by atoms with van der Waals surface area (Å²) in [6.07, 6.45) is 2.65. The van der Waals surface area contributed by atoms with Crippen molar-refractivity contribution in [2.45, 2.75) is 27.2 Å². The fourth-order valence-electron chi connectivity index (χ4n) is 3.07. The Bertz CT molecular complexity index is 1080. The summed E-state index contributed by atoms with van der Waals surface area (Å²) in [4.78, 5) is 19.7. The zero-order valence-corrected chi connectivity index (χ0v) is 16.0. The van der Waals surface area contributed by atoms with Gasteiger partial charge < -0.3 is 4.98 Å². The van der Waals surface area contributed by atoms with Crippen LogP contribution in [0.25, 0.3) is 33.3 Å². The lowest BCUT2D eigenvalue weighted by Crippen LogP contribution is -2.06. The Hall–Kier alpha value is -3.20. The van der Waals surface area contributed by atoms with Gasteiger partial charge in [-0.15, -0.1) is 0 Å². The van der Waals surface area contributed by atoms with Gasteiger partial charge in [0.25, 0.3) is 5.56 Å². The van der Waals surface area contributed by atoms with Crippen molar-refractivity contribution >= 4 is 10.9 Å². The summed E-state index contributed by atoms with van der Waals surface area (Å²) < 4.78 is 0. The Kier molecular flexibility index (Phi) is 5.82. The number of H-pyrrole nitrogens is 1. The highest BCUT2D eigenvalue weighted by molar-refractivity contribution is 5.91. The number of aromatic nitrogens is 2. The lowest BCUT2D eigenvalue weighted by Gasteiger charge is -2.11. The lowest BCUT2D eigenvalue weighted by atomic mass is 9.97. The maximum Gasteiger partial charge on any atom is 0.257 e. The molecule has 0 unspecified atom stereocenters. The normalized spacial score (nSPS) is 10.3. The standard InChI is InChI=1S/C22H18N2O.C2H6/c1-2-15-8-10-17(11-9-15)21-18(16-6-4-3-5-7-16)14-19-20(24-21)12-13-23-22(19)25;1-2/h3-14H,2H2,1H3,(H,23,25);1-2H3. The van der Waals surface area contributed by atoms with E-state index in [0.717, 1.165) is 28.8 Å². The molecule has 4 aromatic rings. The van der Waals surface area contributed by atoms with Crippen LogP contribution in [0.3, 0.4) is 0 Å². The van der Waals surface area contributed by atoms with Gasteiger partial charge in [-0.25, -0.2) is 4.98 Å². The Labute approximate surface area is 159 Å². The van der Waals surface area contributed by atoms with E-state index in [-0.39, 0.29) is 5.56 Å². The number of nitrogens with zero attached hydrogens (tertiary/aromatic N) is 1. The van der Waals surface area contributed by atoms with E-state index in [4.69, 9.17) is 4.98 Å². The molecule has 0 aliphatic rings. The van der Waals surface area contributed by atoms with E-state index in [1.807, 2.05) is 56.3 Å². The van der Waals surface area contributed by atoms with Crippen molar-refractivity contribution in [3.05, 3.63) is 88.8 Å². The number of rotatable bonds is 3. The SMILES string of the molecule is CC.CCc1ccc(-c2nc3cc[nH]c(=O)c3cc2-c2ccccc2)cc1. The monoisotopic (exact) mass is 356 g/mol. The molecule has 0 atom stereocenters. The van der Waals surface area contributed by atoms with Crippen LogP contribution in [0.4, 0.5) is 0 Å². The van der Waals surface area contributed by atoms with Crippen molar-refractivity contribution in [1.29, 1.82) is 0 Å². The predicted octanol–water partition coefficient (Wildman–Crippen LogP) is 5.85. The quantitative estimate of drug-likeness (QED) is 0.501. The largest absolute Gasteiger partial charge is 0.328 e. The molecule has 1 N–H and O–H groups in total. The molecule has 2 aromatic carbocycles. The van der Waals surface area contributed by atoms with Crippen molar-refractivity contribution in [3.8, 4) is 22.4 Å². The summed E-state index contributed by atoms with van der Waals surface area (Å²) in [6, 6.07) is 22.3. The molecule has 0 fully saturated rings. The first-order valence-corrected chi connectivity index (χ1v) is 9.43. The number of aromatic amines is 1. The van der Waals surface area contributed by atoms with Crippen LogP contribution in [0.2, 0.25) is 0 Å². The van der Waals surface area contributed by atoms with Crippen molar-refractivity contribution in [3.63, 3.8) is 0 Å². The van der Waals surface area contributed by atoms with E-state index in [9.17, 15) is 4.79 Å². The zero-order chi connectivity index (χ0) is 19.2. The van der Waals surface area contributed by atoms with Gasteiger partial charge in [0.2, 0.25) is 0 Å². The molecule has 0 spiro atoms. The van der Waals surface area contributed by atoms with Gasteiger partial charge in [0.15, 0.2) is 0 Å². The van der Waals surface area contributed by atoms with Crippen LogP contribution >= 0.6 is 0 Å². The van der Waals surface area contributed by atoms with Crippen LogP contribution in [0.5, 0.6) is 0 Å². The van der Waals surface area contributed by atoms with Crippen LogP contribution < -0.4 is 5.56 Å². The number of aryl methyl sites for hydroxylation is 1. The van der Waals surface area contributed by atoms with E-state index < -0.39 is 0 Å². The second-order valence-electron chi connectivity index (χ2n) is 6.04. The van der Waals surface area contributed by atoms with Crippen LogP contribution in [-0.2, 0) is 6.42 Å². The molecule has 0 aliphatic carbocycles. The molecule has 3 heteroatoms. The van der Waals surface area contributed by atoms with Gasteiger partial charge in [0.1, 0.15) is 0 Å². The summed E-state index contributed by atoms with van der Waals surface area (Å²) in [7, 11) is 0. The van der Waals surface area contributed by atoms with E-state index in [2.05, 4.69) is 36.2 Å². The van der Waals surface area contributed by atoms with Crippen LogP contribution in [0, 0.1) is 0 Å². The fourth-order valence-corrected chi connectivity index (χ4v) is 3.07. The van der Waals surface area contributed by atoms with Gasteiger partial charge in [0, 0.05) is 17.3 Å². The minimum absolute atomic E-state index is 0.116. The van der Waals surface area contributed by atoms with Crippen LogP contribution in [-0.4, -0.2) is 9.97 Å². The minimum atomic E-state index is -0.116. The maximum absolute atomic E-state index is 12.2. The van der Waals surface area contributed by atoms with E-state index >= 15 is 0 Å². The van der Waals surface area contributed by atoms with Crippen molar-refractivity contribution in [2.24, 2.45) is 0 Å². The Morgan fingerprint density at radius 1 is 0.889 bits per heavy atom. The average Bonchev–Trinajstić information content (AvgIpc) is 2.75. The number of pyridine rings is 2. The third-order valence-corrected chi connectivity index (χ3v) is 4.47. The Balaban J connectivity index is 0.00000102. The number of hydrogen-bond donors (Lipinski definition) is 1. The summed E-state index contributed by atoms with van der Waals surface area (Å²) >= 11 is 0. The number of benzene rings is 2. The van der Waals surface area contributed by atoms with E-state index in [0.29, 0.717) is 10.9 Å². The molecule has 4 rings (SSSR count). The number of fused-ring (bicyclic) bond motifs is 1. The minimum Gasteiger partial charge on any atom is -0.328 e. The van der Waals surface area contributed by atoms with E-state index in [1.54, 1.807) is 6.20 Å². The molecular formula is C24H24N2O. The highest BCUT2D eigenvalue weighted by atomic mass is 16.1. The van der Waals surface area contributed by atoms with Crippen molar-refractivity contribution in [1.82, 2.24) is 9.97 Å². The highest BCUT2D eigenvalue weighted by Gasteiger charge is 2.12. The summed E-state index contributed by atoms with van der Waals surface area (Å²) in [5.41, 5.74) is 5.85. The van der Waals surface area contributed by atoms with Gasteiger partial charge in [-0.2, -0.15) is 0 Å². The number of hydrogen-bond acceptors (Lipinski definition) is 2. The molecule has 0 saturated carbocycles. The zero-order valence-electron chi connectivity index (χ0n) is 16.0. The fraction of sp³-hybridized carbons (Fsp3) is 0.167. The molecule has 3 nitrogen and oxygen atoms in total. The topological polar surface area (TPSA) is 45.8 Å². The van der Waals surface area contributed by atoms with Crippen LogP contribution in [0.1, 0.15) is 26.3 Å². The average molecular weight is 356 g/mol. The first-order valence-electron chi connectivity index (χ1n) is 9.43. The number of nitrogens with one attached hydrogen (secondary N) is 1. The molecule has 2 aromatic heterocycles. The smallest absolute Gasteiger partial charge is 0.257 e. The summed E-state index contributed by atoms with van der Waals surface area (Å²) in [6.45, 7) is 6.14. The van der Waals surface area contributed by atoms with E-state index in [1.165, 1.54) is 5.56 Å². The Morgan fingerprint density at radius 3 is 2.26 bits per heavy atom. The molecule has 0 saturated heterocycles. The third-order valence-electron chi connectivity index (χ3n) is 4.47. The second kappa shape index (κ2) is 8.45. The predicted molar refractivity (Wildman–Crippen MR) is 114 cm³/mol. The van der Waals surface area contributed by atoms with Crippen molar-refractivity contribution in [2.75, 3.05) is 0 Å². The molecular weight excluding hydrogens is 332 g/mol. The summed E-state index contributed by atoms with van der Waals surface area (Å²) in [5.74, 6) is 0. The van der Waals surface area contributed by atoms with Gasteiger partial charge in [-0.05, 0) is 29.7 Å². The molecule has 136 valence electrons. The second-order valence-corrected chi connectivity index (χ2v) is 6.04. The van der Waals surface area contributed by atoms with Gasteiger partial charge in [-0.3, -0.25) is 4.79 Å². The van der Waals surface area contributed by atoms with Gasteiger partial charge in [-0.1, -0.05) is 75.4 Å².